The average molecular weight is 278 g/mol. The molecule has 0 radical (unpaired) electrons. The van der Waals surface area contributed by atoms with Crippen LogP contribution >= 0.6 is 12.2 Å². The molecule has 0 unspecified atom stereocenters. The third-order valence-corrected chi connectivity index (χ3v) is 3.73. The summed E-state index contributed by atoms with van der Waals surface area (Å²) in [5, 5.41) is 0. The molecule has 0 saturated heterocycles. The molecule has 0 aliphatic rings. The Morgan fingerprint density at radius 3 is 2.31 bits per heavy atom. The topological polar surface area (TPSA) is 63.4 Å². The number of hydrogen-bond acceptors (Lipinski definition) is 3. The number of alkyl halides is 3. The van der Waals surface area contributed by atoms with Crippen molar-refractivity contribution in [3.8, 4) is 0 Å². The highest BCUT2D eigenvalue weighted by Gasteiger charge is 2.28. The highest BCUT2D eigenvalue weighted by Crippen LogP contribution is 2.21. The summed E-state index contributed by atoms with van der Waals surface area (Å²) in [6, 6.07) is 0. The third kappa shape index (κ3) is 6.96. The lowest BCUT2D eigenvalue weighted by molar-refractivity contribution is -0.134. The van der Waals surface area contributed by atoms with Crippen molar-refractivity contribution in [3.05, 3.63) is 0 Å². The maximum atomic E-state index is 11.8. The lowest BCUT2D eigenvalue weighted by atomic mass is 10.3. The number of nitrogens with zero attached hydrogens (tertiary/aromatic N) is 1. The van der Waals surface area contributed by atoms with Crippen LogP contribution in [-0.2, 0) is 10.0 Å². The van der Waals surface area contributed by atoms with E-state index in [-0.39, 0.29) is 11.5 Å². The van der Waals surface area contributed by atoms with E-state index in [1.54, 1.807) is 0 Å². The van der Waals surface area contributed by atoms with Crippen molar-refractivity contribution in [3.63, 3.8) is 0 Å². The van der Waals surface area contributed by atoms with Crippen LogP contribution in [0.5, 0.6) is 0 Å². The number of hydrogen-bond donors (Lipinski definition) is 1. The van der Waals surface area contributed by atoms with Gasteiger partial charge in [0.15, 0.2) is 0 Å². The Kier molecular flexibility index (Phi) is 5.63. The van der Waals surface area contributed by atoms with Gasteiger partial charge in [-0.15, -0.1) is 0 Å². The van der Waals surface area contributed by atoms with Gasteiger partial charge >= 0.3 is 6.18 Å². The van der Waals surface area contributed by atoms with Crippen molar-refractivity contribution in [1.29, 1.82) is 0 Å². The van der Waals surface area contributed by atoms with E-state index >= 15 is 0 Å². The number of nitrogens with two attached hydrogens (primary N) is 1. The molecule has 16 heavy (non-hydrogen) atoms. The zero-order valence-electron chi connectivity index (χ0n) is 8.62. The molecule has 0 aromatic carbocycles. The van der Waals surface area contributed by atoms with Crippen LogP contribution in [0.3, 0.4) is 0 Å². The van der Waals surface area contributed by atoms with Gasteiger partial charge < -0.3 is 5.73 Å². The minimum atomic E-state index is -4.34. The summed E-state index contributed by atoms with van der Waals surface area (Å²) in [4.78, 5) is -0.0260. The maximum absolute atomic E-state index is 11.8. The van der Waals surface area contributed by atoms with Crippen molar-refractivity contribution in [2.45, 2.75) is 19.0 Å². The summed E-state index contributed by atoms with van der Waals surface area (Å²) < 4.78 is 59.0. The summed E-state index contributed by atoms with van der Waals surface area (Å²) in [6.45, 7) is -0.163. The first-order chi connectivity index (χ1) is 7.04. The average Bonchev–Trinajstić information content (AvgIpc) is 1.99. The standard InChI is InChI=1S/C7H13F3N2O2S2/c1-12(5-6(11)15)16(13,14)4-2-3-7(8,9)10/h2-5H2,1H3,(H2,11,15). The van der Waals surface area contributed by atoms with Crippen molar-refractivity contribution < 1.29 is 21.6 Å². The fraction of sp³-hybridized carbons (Fsp3) is 0.857. The Morgan fingerprint density at radius 2 is 1.94 bits per heavy atom. The predicted octanol–water partition coefficient (Wildman–Crippen LogP) is 0.877. The Labute approximate surface area is 97.6 Å². The van der Waals surface area contributed by atoms with E-state index in [4.69, 9.17) is 5.73 Å². The van der Waals surface area contributed by atoms with Crippen molar-refractivity contribution in [2.24, 2.45) is 5.73 Å². The fourth-order valence-electron chi connectivity index (χ4n) is 0.929. The van der Waals surface area contributed by atoms with Gasteiger partial charge in [-0.3, -0.25) is 0 Å². The molecule has 96 valence electrons. The SMILES string of the molecule is CN(CC(N)=S)S(=O)(=O)CCCC(F)(F)F. The summed E-state index contributed by atoms with van der Waals surface area (Å²) in [7, 11) is -2.49. The van der Waals surface area contributed by atoms with E-state index in [1.165, 1.54) is 7.05 Å². The molecule has 0 aromatic rings. The molecule has 0 amide bonds. The second-order valence-electron chi connectivity index (χ2n) is 3.26. The van der Waals surface area contributed by atoms with Crippen LogP contribution in [0, 0.1) is 0 Å². The number of thiocarbonyl (C=S) groups is 1. The molecular weight excluding hydrogens is 265 g/mol. The Hall–Kier alpha value is -0.410. The largest absolute Gasteiger partial charge is 0.392 e. The monoisotopic (exact) mass is 278 g/mol. The van der Waals surface area contributed by atoms with Gasteiger partial charge in [-0.25, -0.2) is 8.42 Å². The predicted molar refractivity (Wildman–Crippen MR) is 58.5 cm³/mol. The summed E-state index contributed by atoms with van der Waals surface area (Å²) in [6.07, 6.45) is -5.92. The van der Waals surface area contributed by atoms with Gasteiger partial charge in [0.05, 0.1) is 17.3 Å². The summed E-state index contributed by atoms with van der Waals surface area (Å²) in [5.41, 5.74) is 5.13. The molecule has 4 nitrogen and oxygen atoms in total. The molecule has 0 atom stereocenters. The molecule has 0 spiro atoms. The maximum Gasteiger partial charge on any atom is 0.389 e. The number of halogens is 3. The quantitative estimate of drug-likeness (QED) is 0.733. The minimum Gasteiger partial charge on any atom is -0.392 e. The van der Waals surface area contributed by atoms with Crippen LogP contribution in [0.1, 0.15) is 12.8 Å². The molecule has 0 aliphatic heterocycles. The van der Waals surface area contributed by atoms with Gasteiger partial charge in [0.25, 0.3) is 0 Å². The zero-order chi connectivity index (χ0) is 13.0. The Bertz CT molecular complexity index is 340. The normalized spacial score (nSPS) is 13.1. The lowest BCUT2D eigenvalue weighted by Gasteiger charge is -2.16. The Morgan fingerprint density at radius 1 is 1.44 bits per heavy atom. The van der Waals surface area contributed by atoms with Crippen LogP contribution in [-0.4, -0.2) is 43.2 Å². The number of rotatable bonds is 6. The van der Waals surface area contributed by atoms with Crippen molar-refractivity contribution in [2.75, 3.05) is 19.3 Å². The van der Waals surface area contributed by atoms with E-state index in [0.29, 0.717) is 0 Å². The van der Waals surface area contributed by atoms with Gasteiger partial charge in [0.2, 0.25) is 10.0 Å². The van der Waals surface area contributed by atoms with Crippen LogP contribution < -0.4 is 5.73 Å². The van der Waals surface area contributed by atoms with E-state index in [0.717, 1.165) is 4.31 Å². The molecule has 0 saturated carbocycles. The van der Waals surface area contributed by atoms with Gasteiger partial charge in [-0.2, -0.15) is 17.5 Å². The third-order valence-electron chi connectivity index (χ3n) is 1.72. The summed E-state index contributed by atoms with van der Waals surface area (Å²) >= 11 is 4.50. The zero-order valence-corrected chi connectivity index (χ0v) is 10.3. The van der Waals surface area contributed by atoms with Crippen LogP contribution in [0.4, 0.5) is 13.2 Å². The molecule has 0 fully saturated rings. The highest BCUT2D eigenvalue weighted by molar-refractivity contribution is 7.89. The highest BCUT2D eigenvalue weighted by atomic mass is 32.2. The molecule has 0 rings (SSSR count). The molecule has 0 aromatic heterocycles. The van der Waals surface area contributed by atoms with Crippen LogP contribution in [0.15, 0.2) is 0 Å². The van der Waals surface area contributed by atoms with Crippen LogP contribution in [0.2, 0.25) is 0 Å². The van der Waals surface area contributed by atoms with Crippen LogP contribution in [0.25, 0.3) is 0 Å². The van der Waals surface area contributed by atoms with Gasteiger partial charge in [0.1, 0.15) is 0 Å². The molecule has 0 aliphatic carbocycles. The smallest absolute Gasteiger partial charge is 0.389 e. The van der Waals surface area contributed by atoms with E-state index < -0.39 is 34.8 Å². The second-order valence-corrected chi connectivity index (χ2v) is 5.98. The first kappa shape index (κ1) is 15.6. The van der Waals surface area contributed by atoms with Gasteiger partial charge in [-0.1, -0.05) is 12.2 Å². The van der Waals surface area contributed by atoms with Gasteiger partial charge in [-0.05, 0) is 6.42 Å². The minimum absolute atomic E-state index is 0.0260. The first-order valence-electron chi connectivity index (χ1n) is 4.33. The van der Waals surface area contributed by atoms with Gasteiger partial charge in [0, 0.05) is 13.5 Å². The second kappa shape index (κ2) is 5.78. The Balaban J connectivity index is 4.20. The first-order valence-corrected chi connectivity index (χ1v) is 6.35. The van der Waals surface area contributed by atoms with Crippen molar-refractivity contribution >= 4 is 27.2 Å². The molecule has 0 bridgehead atoms. The summed E-state index contributed by atoms with van der Waals surface area (Å²) in [5.74, 6) is -0.564. The number of likely N-dealkylation sites (N-methyl/N-ethyl adjacent to an activating group) is 1. The molecule has 2 N–H and O–H groups in total. The lowest BCUT2D eigenvalue weighted by Crippen LogP contribution is -2.36. The fourth-order valence-corrected chi connectivity index (χ4v) is 2.36. The van der Waals surface area contributed by atoms with E-state index in [2.05, 4.69) is 12.2 Å². The molecular formula is C7H13F3N2O2S2. The van der Waals surface area contributed by atoms with E-state index in [1.807, 2.05) is 0 Å². The van der Waals surface area contributed by atoms with E-state index in [9.17, 15) is 21.6 Å². The molecule has 0 heterocycles. The molecule has 9 heteroatoms. The number of sulfonamides is 1. The van der Waals surface area contributed by atoms with Crippen molar-refractivity contribution in [1.82, 2.24) is 4.31 Å².